The van der Waals surface area contributed by atoms with Crippen LogP contribution in [0.4, 0.5) is 0 Å². The van der Waals surface area contributed by atoms with Gasteiger partial charge in [0.05, 0.1) is 18.9 Å². The molecule has 4 rings (SSSR count). The standard InChI is InChI=1S/C21H28N2O3/c1-26-18-7-5-16(6-8-18)13-19(24)23-12-10-21(15-23)9-2-11-22(20(21)25)14-17-3-4-17/h5-8,17H,2-4,9-15H2,1H3. The first-order chi connectivity index (χ1) is 12.6. The smallest absolute Gasteiger partial charge is 0.230 e. The van der Waals surface area contributed by atoms with E-state index in [1.165, 1.54) is 12.8 Å². The highest BCUT2D eigenvalue weighted by molar-refractivity contribution is 5.86. The number of likely N-dealkylation sites (tertiary alicyclic amines) is 2. The number of rotatable bonds is 5. The van der Waals surface area contributed by atoms with E-state index in [-0.39, 0.29) is 11.3 Å². The highest BCUT2D eigenvalue weighted by atomic mass is 16.5. The van der Waals surface area contributed by atoms with E-state index in [1.54, 1.807) is 7.11 Å². The lowest BCUT2D eigenvalue weighted by atomic mass is 9.78. The van der Waals surface area contributed by atoms with Crippen molar-refractivity contribution in [3.05, 3.63) is 29.8 Å². The van der Waals surface area contributed by atoms with E-state index in [1.807, 2.05) is 29.2 Å². The Hall–Kier alpha value is -2.04. The van der Waals surface area contributed by atoms with Crippen molar-refractivity contribution in [2.24, 2.45) is 11.3 Å². The molecular formula is C21H28N2O3. The first-order valence-electron chi connectivity index (χ1n) is 9.80. The number of carbonyl (C=O) groups excluding carboxylic acids is 2. The second-order valence-electron chi connectivity index (χ2n) is 8.17. The van der Waals surface area contributed by atoms with Crippen LogP contribution < -0.4 is 4.74 Å². The lowest BCUT2D eigenvalue weighted by Crippen LogP contribution is -2.51. The van der Waals surface area contributed by atoms with E-state index < -0.39 is 0 Å². The molecule has 1 unspecified atom stereocenters. The summed E-state index contributed by atoms with van der Waals surface area (Å²) in [7, 11) is 1.64. The third kappa shape index (κ3) is 3.44. The summed E-state index contributed by atoms with van der Waals surface area (Å²) in [5.74, 6) is 1.95. The quantitative estimate of drug-likeness (QED) is 0.814. The van der Waals surface area contributed by atoms with Gasteiger partial charge in [-0.15, -0.1) is 0 Å². The number of hydrogen-bond donors (Lipinski definition) is 0. The molecule has 0 N–H and O–H groups in total. The Morgan fingerprint density at radius 3 is 2.65 bits per heavy atom. The molecule has 2 aliphatic heterocycles. The van der Waals surface area contributed by atoms with Crippen LogP contribution in [0.1, 0.15) is 37.7 Å². The molecule has 1 aliphatic carbocycles. The van der Waals surface area contributed by atoms with Gasteiger partial charge in [0.2, 0.25) is 11.8 Å². The van der Waals surface area contributed by atoms with Gasteiger partial charge in [-0.2, -0.15) is 0 Å². The molecule has 1 spiro atoms. The number of piperidine rings is 1. The molecule has 2 amide bonds. The average Bonchev–Trinajstić information content (AvgIpc) is 3.37. The van der Waals surface area contributed by atoms with Crippen molar-refractivity contribution in [1.29, 1.82) is 0 Å². The zero-order valence-corrected chi connectivity index (χ0v) is 15.6. The largest absolute Gasteiger partial charge is 0.497 e. The summed E-state index contributed by atoms with van der Waals surface area (Å²) in [6.45, 7) is 3.14. The molecule has 0 bridgehead atoms. The van der Waals surface area contributed by atoms with Crippen LogP contribution >= 0.6 is 0 Å². The van der Waals surface area contributed by atoms with Crippen molar-refractivity contribution in [2.75, 3.05) is 33.3 Å². The molecule has 26 heavy (non-hydrogen) atoms. The van der Waals surface area contributed by atoms with Crippen LogP contribution in [-0.2, 0) is 16.0 Å². The number of amides is 2. The molecule has 140 valence electrons. The average molecular weight is 356 g/mol. The fraction of sp³-hybridized carbons (Fsp3) is 0.619. The van der Waals surface area contributed by atoms with Crippen molar-refractivity contribution >= 4 is 11.8 Å². The molecule has 1 aromatic carbocycles. The van der Waals surface area contributed by atoms with Gasteiger partial charge in [-0.25, -0.2) is 0 Å². The zero-order valence-electron chi connectivity index (χ0n) is 15.6. The van der Waals surface area contributed by atoms with E-state index in [0.717, 1.165) is 49.6 Å². The van der Waals surface area contributed by atoms with Gasteiger partial charge in [-0.05, 0) is 55.7 Å². The summed E-state index contributed by atoms with van der Waals surface area (Å²) >= 11 is 0. The minimum absolute atomic E-state index is 0.124. The fourth-order valence-corrected chi connectivity index (χ4v) is 4.43. The minimum Gasteiger partial charge on any atom is -0.497 e. The molecule has 2 saturated heterocycles. The molecule has 0 radical (unpaired) electrons. The summed E-state index contributed by atoms with van der Waals surface area (Å²) in [4.78, 5) is 29.8. The first kappa shape index (κ1) is 17.4. The summed E-state index contributed by atoms with van der Waals surface area (Å²) in [5, 5.41) is 0. The number of carbonyl (C=O) groups is 2. The van der Waals surface area contributed by atoms with Crippen molar-refractivity contribution < 1.29 is 14.3 Å². The number of hydrogen-bond acceptors (Lipinski definition) is 3. The van der Waals surface area contributed by atoms with Gasteiger partial charge >= 0.3 is 0 Å². The highest BCUT2D eigenvalue weighted by Gasteiger charge is 2.49. The molecule has 5 heteroatoms. The summed E-state index contributed by atoms with van der Waals surface area (Å²) in [6, 6.07) is 7.64. The number of nitrogens with zero attached hydrogens (tertiary/aromatic N) is 2. The zero-order chi connectivity index (χ0) is 18.1. The molecule has 1 aromatic rings. The Balaban J connectivity index is 1.38. The van der Waals surface area contributed by atoms with Crippen molar-refractivity contribution in [3.63, 3.8) is 0 Å². The topological polar surface area (TPSA) is 49.9 Å². The van der Waals surface area contributed by atoms with Crippen LogP contribution in [-0.4, -0.2) is 54.9 Å². The van der Waals surface area contributed by atoms with Crippen LogP contribution in [0.15, 0.2) is 24.3 Å². The number of ether oxygens (including phenoxy) is 1. The second-order valence-corrected chi connectivity index (χ2v) is 8.17. The predicted molar refractivity (Wildman–Crippen MR) is 98.9 cm³/mol. The van der Waals surface area contributed by atoms with Gasteiger partial charge in [0.15, 0.2) is 0 Å². The van der Waals surface area contributed by atoms with Crippen LogP contribution in [0.3, 0.4) is 0 Å². The van der Waals surface area contributed by atoms with Crippen LogP contribution in [0.25, 0.3) is 0 Å². The molecule has 2 heterocycles. The molecular weight excluding hydrogens is 328 g/mol. The summed E-state index contributed by atoms with van der Waals surface area (Å²) < 4.78 is 5.17. The SMILES string of the molecule is COc1ccc(CC(=O)N2CCC3(CCCN(CC4CC4)C3=O)C2)cc1. The molecule has 0 aromatic heterocycles. The van der Waals surface area contributed by atoms with Crippen molar-refractivity contribution in [2.45, 2.75) is 38.5 Å². The maximum atomic E-state index is 13.1. The summed E-state index contributed by atoms with van der Waals surface area (Å²) in [6.07, 6.45) is 5.74. The van der Waals surface area contributed by atoms with E-state index in [0.29, 0.717) is 25.4 Å². The third-order valence-corrected chi connectivity index (χ3v) is 6.22. The normalized spacial score (nSPS) is 25.8. The third-order valence-electron chi connectivity index (χ3n) is 6.22. The van der Waals surface area contributed by atoms with Gasteiger partial charge in [-0.1, -0.05) is 12.1 Å². The van der Waals surface area contributed by atoms with Gasteiger partial charge in [0, 0.05) is 26.2 Å². The van der Waals surface area contributed by atoms with Gasteiger partial charge in [0.25, 0.3) is 0 Å². The van der Waals surface area contributed by atoms with Gasteiger partial charge in [-0.3, -0.25) is 9.59 Å². The maximum absolute atomic E-state index is 13.1. The molecule has 3 fully saturated rings. The number of methoxy groups -OCH3 is 1. The van der Waals surface area contributed by atoms with Crippen LogP contribution in [0.2, 0.25) is 0 Å². The van der Waals surface area contributed by atoms with Crippen molar-refractivity contribution in [1.82, 2.24) is 9.80 Å². The van der Waals surface area contributed by atoms with Gasteiger partial charge in [0.1, 0.15) is 5.75 Å². The molecule has 3 aliphatic rings. The Morgan fingerprint density at radius 1 is 1.19 bits per heavy atom. The van der Waals surface area contributed by atoms with Crippen molar-refractivity contribution in [3.8, 4) is 5.75 Å². The Labute approximate surface area is 155 Å². The van der Waals surface area contributed by atoms with Crippen LogP contribution in [0, 0.1) is 11.3 Å². The monoisotopic (exact) mass is 356 g/mol. The van der Waals surface area contributed by atoms with E-state index >= 15 is 0 Å². The van der Waals surface area contributed by atoms with E-state index in [9.17, 15) is 9.59 Å². The number of benzene rings is 1. The Bertz CT molecular complexity index is 683. The summed E-state index contributed by atoms with van der Waals surface area (Å²) in [5.41, 5.74) is 0.671. The molecule has 1 saturated carbocycles. The van der Waals surface area contributed by atoms with E-state index in [2.05, 4.69) is 4.90 Å². The highest BCUT2D eigenvalue weighted by Crippen LogP contribution is 2.41. The fourth-order valence-electron chi connectivity index (χ4n) is 4.43. The Morgan fingerprint density at radius 2 is 1.96 bits per heavy atom. The molecule has 1 atom stereocenters. The predicted octanol–water partition coefficient (Wildman–Crippen LogP) is 2.49. The lowest BCUT2D eigenvalue weighted by molar-refractivity contribution is -0.146. The maximum Gasteiger partial charge on any atom is 0.230 e. The lowest BCUT2D eigenvalue weighted by Gasteiger charge is -2.39. The first-order valence-corrected chi connectivity index (χ1v) is 9.80. The molecule has 5 nitrogen and oxygen atoms in total. The minimum atomic E-state index is -0.317. The Kier molecular flexibility index (Phi) is 4.63. The van der Waals surface area contributed by atoms with Crippen LogP contribution in [0.5, 0.6) is 5.75 Å². The van der Waals surface area contributed by atoms with Gasteiger partial charge < -0.3 is 14.5 Å². The second kappa shape index (κ2) is 6.93. The van der Waals surface area contributed by atoms with E-state index in [4.69, 9.17) is 4.74 Å².